The number of hydrogen-bond acceptors (Lipinski definition) is 7. The van der Waals surface area contributed by atoms with Crippen molar-refractivity contribution in [2.75, 3.05) is 38.6 Å². The molecule has 0 radical (unpaired) electrons. The maximum absolute atomic E-state index is 13.7. The van der Waals surface area contributed by atoms with Gasteiger partial charge in [-0.05, 0) is 68.1 Å². The van der Waals surface area contributed by atoms with E-state index in [1.807, 2.05) is 38.2 Å². The Bertz CT molecular complexity index is 1450. The quantitative estimate of drug-likeness (QED) is 0.371. The Labute approximate surface area is 240 Å². The highest BCUT2D eigenvalue weighted by atomic mass is 32.2. The van der Waals surface area contributed by atoms with E-state index in [0.29, 0.717) is 19.6 Å². The van der Waals surface area contributed by atoms with Gasteiger partial charge in [0.25, 0.3) is 15.9 Å². The summed E-state index contributed by atoms with van der Waals surface area (Å²) in [7, 11) is -0.542. The molecular weight excluding hydrogens is 549 g/mol. The number of aliphatic hydroxyl groups excluding tert-OH is 1. The van der Waals surface area contributed by atoms with E-state index in [1.54, 1.807) is 31.1 Å². The number of carbonyl (C=O) groups is 1. The van der Waals surface area contributed by atoms with Gasteiger partial charge in [0.15, 0.2) is 5.75 Å². The Kier molecular flexibility index (Phi) is 9.52. The van der Waals surface area contributed by atoms with Crippen molar-refractivity contribution in [3.05, 3.63) is 83.7 Å². The van der Waals surface area contributed by atoms with Crippen LogP contribution in [0.4, 0.5) is 10.1 Å². The number of carbonyl (C=O) groups excluding carboxylic acids is 1. The van der Waals surface area contributed by atoms with Crippen LogP contribution in [0, 0.1) is 11.7 Å². The molecule has 1 amide bonds. The fraction of sp³-hybridized carbons (Fsp3) is 0.367. The number of benzene rings is 3. The smallest absolute Gasteiger partial charge is 0.262 e. The number of ether oxygens (including phenoxy) is 2. The number of rotatable bonds is 10. The van der Waals surface area contributed by atoms with Crippen LogP contribution < -0.4 is 14.2 Å². The Morgan fingerprint density at radius 1 is 1.15 bits per heavy atom. The van der Waals surface area contributed by atoms with Crippen molar-refractivity contribution in [2.45, 2.75) is 37.4 Å². The van der Waals surface area contributed by atoms with Crippen molar-refractivity contribution in [1.29, 1.82) is 0 Å². The number of amides is 1. The average molecular weight is 586 g/mol. The van der Waals surface area contributed by atoms with E-state index < -0.39 is 28.0 Å². The molecule has 220 valence electrons. The van der Waals surface area contributed by atoms with E-state index in [1.165, 1.54) is 18.2 Å². The van der Waals surface area contributed by atoms with Gasteiger partial charge in [-0.3, -0.25) is 14.4 Å². The first kappa shape index (κ1) is 30.3. The number of fused-ring (bicyclic) bond motifs is 1. The Morgan fingerprint density at radius 2 is 1.83 bits per heavy atom. The molecule has 0 unspecified atom stereocenters. The lowest BCUT2D eigenvalue weighted by Gasteiger charge is -2.38. The molecule has 0 saturated heterocycles. The first-order chi connectivity index (χ1) is 19.5. The zero-order valence-electron chi connectivity index (χ0n) is 23.6. The number of nitrogens with one attached hydrogen (secondary N) is 1. The third-order valence-electron chi connectivity index (χ3n) is 7.16. The van der Waals surface area contributed by atoms with Gasteiger partial charge in [-0.15, -0.1) is 0 Å². The molecule has 0 spiro atoms. The molecule has 0 aliphatic carbocycles. The molecular formula is C30H36FN3O6S. The summed E-state index contributed by atoms with van der Waals surface area (Å²) in [4.78, 5) is 17.2. The fourth-order valence-corrected chi connectivity index (χ4v) is 5.84. The Morgan fingerprint density at radius 3 is 2.46 bits per heavy atom. The minimum atomic E-state index is -4.12. The summed E-state index contributed by atoms with van der Waals surface area (Å²) in [6, 6.07) is 16.4. The molecule has 3 atom stereocenters. The lowest BCUT2D eigenvalue weighted by atomic mass is 9.99. The van der Waals surface area contributed by atoms with Gasteiger partial charge >= 0.3 is 0 Å². The van der Waals surface area contributed by atoms with Crippen LogP contribution in [-0.4, -0.2) is 75.2 Å². The van der Waals surface area contributed by atoms with E-state index in [2.05, 4.69) is 9.62 Å². The van der Waals surface area contributed by atoms with Gasteiger partial charge in [-0.25, -0.2) is 12.8 Å². The first-order valence-electron chi connectivity index (χ1n) is 13.3. The lowest BCUT2D eigenvalue weighted by molar-refractivity contribution is 0.0344. The molecule has 2 N–H and O–H groups in total. The molecule has 1 heterocycles. The van der Waals surface area contributed by atoms with Crippen LogP contribution in [0.25, 0.3) is 0 Å². The molecule has 0 bridgehead atoms. The number of anilines is 1. The van der Waals surface area contributed by atoms with Gasteiger partial charge in [-0.2, -0.15) is 0 Å². The van der Waals surface area contributed by atoms with E-state index in [9.17, 15) is 22.7 Å². The third-order valence-corrected chi connectivity index (χ3v) is 8.54. The number of halogens is 1. The normalized spacial score (nSPS) is 18.2. The largest absolute Gasteiger partial charge is 0.497 e. The summed E-state index contributed by atoms with van der Waals surface area (Å²) in [6.45, 7) is 4.94. The molecule has 0 saturated carbocycles. The molecule has 9 nitrogen and oxygen atoms in total. The number of methoxy groups -OCH3 is 1. The number of sulfonamides is 1. The lowest BCUT2D eigenvalue weighted by Crippen LogP contribution is -2.49. The molecule has 41 heavy (non-hydrogen) atoms. The zero-order valence-corrected chi connectivity index (χ0v) is 24.4. The van der Waals surface area contributed by atoms with Gasteiger partial charge in [0.1, 0.15) is 17.7 Å². The predicted octanol–water partition coefficient (Wildman–Crippen LogP) is 3.99. The van der Waals surface area contributed by atoms with Gasteiger partial charge < -0.3 is 19.5 Å². The van der Waals surface area contributed by atoms with Crippen LogP contribution >= 0.6 is 0 Å². The molecule has 11 heteroatoms. The second-order valence-electron chi connectivity index (χ2n) is 10.4. The second kappa shape index (κ2) is 12.9. The summed E-state index contributed by atoms with van der Waals surface area (Å²) < 4.78 is 54.1. The fourth-order valence-electron chi connectivity index (χ4n) is 4.77. The van der Waals surface area contributed by atoms with Crippen LogP contribution in [-0.2, 0) is 16.6 Å². The van der Waals surface area contributed by atoms with E-state index in [0.717, 1.165) is 23.4 Å². The highest BCUT2D eigenvalue weighted by Crippen LogP contribution is 2.36. The molecule has 0 fully saturated rings. The zero-order chi connectivity index (χ0) is 29.7. The number of hydrogen-bond donors (Lipinski definition) is 2. The van der Waals surface area contributed by atoms with Crippen molar-refractivity contribution in [2.24, 2.45) is 5.92 Å². The summed E-state index contributed by atoms with van der Waals surface area (Å²) in [5.74, 6) is -0.227. The Balaban J connectivity index is 1.68. The van der Waals surface area contributed by atoms with Gasteiger partial charge in [0, 0.05) is 25.6 Å². The molecule has 4 rings (SSSR count). The standard InChI is InChI=1S/C30H36FN3O6S/c1-20-16-34(21(2)19-35)30(36)26-6-5-7-27(32-41(37,38)25-14-10-23(31)11-15-25)29(26)40-28(20)18-33(3)17-22-8-12-24(39-4)13-9-22/h5-15,20-21,28,32,35H,16-19H2,1-4H3/t20-,21+,28+/m1/s1. The second-order valence-corrected chi connectivity index (χ2v) is 12.1. The minimum absolute atomic E-state index is 0.0914. The van der Waals surface area contributed by atoms with Crippen molar-refractivity contribution in [1.82, 2.24) is 9.80 Å². The molecule has 1 aliphatic rings. The number of aliphatic hydroxyl groups is 1. The minimum Gasteiger partial charge on any atom is -0.497 e. The monoisotopic (exact) mass is 585 g/mol. The number of para-hydroxylation sites is 1. The van der Waals surface area contributed by atoms with Crippen molar-refractivity contribution in [3.63, 3.8) is 0 Å². The van der Waals surface area contributed by atoms with Crippen LogP contribution in [0.2, 0.25) is 0 Å². The molecule has 3 aromatic rings. The third kappa shape index (κ3) is 7.16. The maximum Gasteiger partial charge on any atom is 0.262 e. The van der Waals surface area contributed by atoms with Crippen molar-refractivity contribution < 1.29 is 32.2 Å². The van der Waals surface area contributed by atoms with E-state index in [4.69, 9.17) is 9.47 Å². The molecule has 1 aliphatic heterocycles. The molecule has 0 aromatic heterocycles. The highest BCUT2D eigenvalue weighted by Gasteiger charge is 2.35. The summed E-state index contributed by atoms with van der Waals surface area (Å²) in [5.41, 5.74) is 1.35. The number of likely N-dealkylation sites (N-methyl/N-ethyl adjacent to an activating group) is 1. The Hall–Kier alpha value is -3.67. The van der Waals surface area contributed by atoms with E-state index >= 15 is 0 Å². The van der Waals surface area contributed by atoms with Crippen LogP contribution in [0.1, 0.15) is 29.8 Å². The molecule has 3 aromatic carbocycles. The number of nitrogens with zero attached hydrogens (tertiary/aromatic N) is 2. The van der Waals surface area contributed by atoms with Crippen LogP contribution in [0.15, 0.2) is 71.6 Å². The average Bonchev–Trinajstić information content (AvgIpc) is 2.95. The van der Waals surface area contributed by atoms with Crippen molar-refractivity contribution >= 4 is 21.6 Å². The van der Waals surface area contributed by atoms with Gasteiger partial charge in [0.05, 0.1) is 35.9 Å². The van der Waals surface area contributed by atoms with Gasteiger partial charge in [-0.1, -0.05) is 25.1 Å². The summed E-state index contributed by atoms with van der Waals surface area (Å²) >= 11 is 0. The van der Waals surface area contributed by atoms with E-state index in [-0.39, 0.29) is 40.3 Å². The van der Waals surface area contributed by atoms with Crippen LogP contribution in [0.3, 0.4) is 0 Å². The first-order valence-corrected chi connectivity index (χ1v) is 14.8. The summed E-state index contributed by atoms with van der Waals surface area (Å²) in [6.07, 6.45) is -0.435. The van der Waals surface area contributed by atoms with Gasteiger partial charge in [0.2, 0.25) is 0 Å². The predicted molar refractivity (Wildman–Crippen MR) is 154 cm³/mol. The maximum atomic E-state index is 13.7. The van der Waals surface area contributed by atoms with Crippen LogP contribution in [0.5, 0.6) is 11.5 Å². The topological polar surface area (TPSA) is 108 Å². The van der Waals surface area contributed by atoms with Crippen molar-refractivity contribution in [3.8, 4) is 11.5 Å². The summed E-state index contributed by atoms with van der Waals surface area (Å²) in [5, 5.41) is 9.91. The highest BCUT2D eigenvalue weighted by molar-refractivity contribution is 7.92. The SMILES string of the molecule is COc1ccc(CN(C)C[C@@H]2Oc3c(NS(=O)(=O)c4ccc(F)cc4)cccc3C(=O)N([C@@H](C)CO)C[C@H]2C)cc1.